The van der Waals surface area contributed by atoms with Crippen LogP contribution in [-0.4, -0.2) is 47.1 Å². The SMILES string of the molecule is C=CCn1c(-c2ccc(Cl)cc2)nn(CN(C)CCc2ccc(OC)c(OC)c2)c1=S. The zero-order chi connectivity index (χ0) is 22.4. The molecular weight excluding hydrogens is 432 g/mol. The van der Waals surface area contributed by atoms with Crippen LogP contribution >= 0.6 is 23.8 Å². The predicted molar refractivity (Wildman–Crippen MR) is 128 cm³/mol. The summed E-state index contributed by atoms with van der Waals surface area (Å²) in [4.78, 5) is 2.18. The molecule has 0 fully saturated rings. The number of hydrogen-bond acceptors (Lipinski definition) is 5. The van der Waals surface area contributed by atoms with Crippen molar-refractivity contribution in [1.29, 1.82) is 0 Å². The lowest BCUT2D eigenvalue weighted by Crippen LogP contribution is -2.25. The third kappa shape index (κ3) is 5.55. The molecule has 1 aromatic heterocycles. The molecule has 0 aliphatic rings. The highest BCUT2D eigenvalue weighted by Gasteiger charge is 2.13. The molecule has 0 aliphatic heterocycles. The number of nitrogens with zero attached hydrogens (tertiary/aromatic N) is 4. The number of rotatable bonds is 10. The van der Waals surface area contributed by atoms with Gasteiger partial charge in [-0.2, -0.15) is 5.10 Å². The van der Waals surface area contributed by atoms with E-state index in [0.717, 1.165) is 35.9 Å². The van der Waals surface area contributed by atoms with Crippen LogP contribution in [0.15, 0.2) is 55.1 Å². The molecule has 0 aliphatic carbocycles. The normalized spacial score (nSPS) is 11.0. The van der Waals surface area contributed by atoms with E-state index in [1.165, 1.54) is 5.56 Å². The quantitative estimate of drug-likeness (QED) is 0.313. The molecule has 0 amide bonds. The summed E-state index contributed by atoms with van der Waals surface area (Å²) in [5, 5.41) is 5.47. The summed E-state index contributed by atoms with van der Waals surface area (Å²) >= 11 is 11.7. The molecule has 1 heterocycles. The van der Waals surface area contributed by atoms with E-state index in [2.05, 4.69) is 24.6 Å². The van der Waals surface area contributed by atoms with Gasteiger partial charge >= 0.3 is 0 Å². The third-order valence-corrected chi connectivity index (χ3v) is 5.63. The fraction of sp³-hybridized carbons (Fsp3) is 0.304. The second-order valence-electron chi connectivity index (χ2n) is 7.17. The van der Waals surface area contributed by atoms with Crippen molar-refractivity contribution in [3.8, 4) is 22.9 Å². The molecule has 31 heavy (non-hydrogen) atoms. The van der Waals surface area contributed by atoms with Gasteiger partial charge in [0.15, 0.2) is 22.1 Å². The number of halogens is 1. The Labute approximate surface area is 193 Å². The summed E-state index contributed by atoms with van der Waals surface area (Å²) in [5.74, 6) is 2.27. The standard InChI is InChI=1S/C23H27ClN4O2S/c1-5-13-27-22(18-7-9-19(24)10-8-18)25-28(23(27)31)16-26(2)14-12-17-6-11-20(29-3)21(15-17)30-4/h5-11,15H,1,12-14,16H2,2-4H3. The van der Waals surface area contributed by atoms with Crippen molar-refractivity contribution in [2.24, 2.45) is 0 Å². The van der Waals surface area contributed by atoms with Crippen molar-refractivity contribution in [2.75, 3.05) is 27.8 Å². The number of likely N-dealkylation sites (N-methyl/N-ethyl adjacent to an activating group) is 1. The molecule has 0 spiro atoms. The van der Waals surface area contributed by atoms with E-state index < -0.39 is 0 Å². The number of hydrogen-bond donors (Lipinski definition) is 0. The predicted octanol–water partition coefficient (Wildman–Crippen LogP) is 5.07. The van der Waals surface area contributed by atoms with E-state index in [4.69, 9.17) is 38.4 Å². The molecule has 0 bridgehead atoms. The molecule has 0 saturated heterocycles. The highest BCUT2D eigenvalue weighted by molar-refractivity contribution is 7.71. The summed E-state index contributed by atoms with van der Waals surface area (Å²) in [6, 6.07) is 13.6. The van der Waals surface area contributed by atoms with E-state index in [9.17, 15) is 0 Å². The molecule has 8 heteroatoms. The summed E-state index contributed by atoms with van der Waals surface area (Å²) in [7, 11) is 5.34. The number of ether oxygens (including phenoxy) is 2. The van der Waals surface area contributed by atoms with Gasteiger partial charge in [0.1, 0.15) is 0 Å². The van der Waals surface area contributed by atoms with E-state index in [1.807, 2.05) is 51.7 Å². The van der Waals surface area contributed by atoms with Crippen LogP contribution in [0.25, 0.3) is 11.4 Å². The smallest absolute Gasteiger partial charge is 0.199 e. The molecule has 0 radical (unpaired) electrons. The van der Waals surface area contributed by atoms with Gasteiger partial charge in [0.2, 0.25) is 0 Å². The Hall–Kier alpha value is -2.61. The van der Waals surface area contributed by atoms with Crippen LogP contribution in [0.3, 0.4) is 0 Å². The zero-order valence-corrected chi connectivity index (χ0v) is 19.6. The molecule has 6 nitrogen and oxygen atoms in total. The van der Waals surface area contributed by atoms with Gasteiger partial charge in [-0.1, -0.05) is 23.7 Å². The van der Waals surface area contributed by atoms with Crippen molar-refractivity contribution >= 4 is 23.8 Å². The van der Waals surface area contributed by atoms with E-state index in [-0.39, 0.29) is 0 Å². The Bertz CT molecular complexity index is 1090. The van der Waals surface area contributed by atoms with Crippen LogP contribution in [0, 0.1) is 4.77 Å². The third-order valence-electron chi connectivity index (χ3n) is 4.94. The molecule has 0 unspecified atom stereocenters. The van der Waals surface area contributed by atoms with Crippen molar-refractivity contribution in [2.45, 2.75) is 19.6 Å². The average Bonchev–Trinajstić information content (AvgIpc) is 3.08. The van der Waals surface area contributed by atoms with Crippen LogP contribution in [0.4, 0.5) is 0 Å². The summed E-state index contributed by atoms with van der Waals surface area (Å²) < 4.78 is 15.2. The van der Waals surface area contributed by atoms with Gasteiger partial charge in [-0.25, -0.2) is 4.68 Å². The van der Waals surface area contributed by atoms with Crippen LogP contribution in [0.5, 0.6) is 11.5 Å². The van der Waals surface area contributed by atoms with Gasteiger partial charge in [0, 0.05) is 23.7 Å². The van der Waals surface area contributed by atoms with Gasteiger partial charge in [0.05, 0.1) is 20.9 Å². The Kier molecular flexibility index (Phi) is 7.90. The van der Waals surface area contributed by atoms with Gasteiger partial charge in [-0.05, 0) is 67.6 Å². The lowest BCUT2D eigenvalue weighted by Gasteiger charge is -2.17. The Morgan fingerprint density at radius 2 is 1.84 bits per heavy atom. The van der Waals surface area contributed by atoms with Crippen molar-refractivity contribution < 1.29 is 9.47 Å². The molecular formula is C23H27ClN4O2S. The number of benzene rings is 2. The maximum absolute atomic E-state index is 6.04. The minimum atomic E-state index is 0.580. The van der Waals surface area contributed by atoms with Gasteiger partial charge in [-0.15, -0.1) is 6.58 Å². The highest BCUT2D eigenvalue weighted by Crippen LogP contribution is 2.27. The zero-order valence-electron chi connectivity index (χ0n) is 18.0. The monoisotopic (exact) mass is 458 g/mol. The summed E-state index contributed by atoms with van der Waals surface area (Å²) in [5.41, 5.74) is 2.14. The van der Waals surface area contributed by atoms with Crippen LogP contribution in [-0.2, 0) is 19.6 Å². The van der Waals surface area contributed by atoms with Crippen LogP contribution in [0.1, 0.15) is 5.56 Å². The average molecular weight is 459 g/mol. The molecule has 3 aromatic rings. The fourth-order valence-electron chi connectivity index (χ4n) is 3.29. The molecule has 3 rings (SSSR count). The Morgan fingerprint density at radius 1 is 1.13 bits per heavy atom. The molecule has 164 valence electrons. The molecule has 0 N–H and O–H groups in total. The van der Waals surface area contributed by atoms with Crippen molar-refractivity contribution in [3.63, 3.8) is 0 Å². The molecule has 0 saturated carbocycles. The van der Waals surface area contributed by atoms with Gasteiger partial charge in [0.25, 0.3) is 0 Å². The Morgan fingerprint density at radius 3 is 2.48 bits per heavy atom. The van der Waals surface area contributed by atoms with E-state index in [1.54, 1.807) is 14.2 Å². The highest BCUT2D eigenvalue weighted by atomic mass is 35.5. The first-order chi connectivity index (χ1) is 15.0. The number of methoxy groups -OCH3 is 2. The molecule has 2 aromatic carbocycles. The largest absolute Gasteiger partial charge is 0.493 e. The topological polar surface area (TPSA) is 44.5 Å². The lowest BCUT2D eigenvalue weighted by atomic mass is 10.1. The number of aromatic nitrogens is 3. The second kappa shape index (κ2) is 10.6. The van der Waals surface area contributed by atoms with E-state index in [0.29, 0.717) is 23.0 Å². The first-order valence-corrected chi connectivity index (χ1v) is 10.7. The minimum Gasteiger partial charge on any atom is -0.493 e. The first kappa shape index (κ1) is 23.1. The first-order valence-electron chi connectivity index (χ1n) is 9.90. The van der Waals surface area contributed by atoms with E-state index >= 15 is 0 Å². The Balaban J connectivity index is 1.74. The fourth-order valence-corrected chi connectivity index (χ4v) is 3.68. The number of allylic oxidation sites excluding steroid dienone is 1. The second-order valence-corrected chi connectivity index (χ2v) is 7.97. The summed E-state index contributed by atoms with van der Waals surface area (Å²) in [6.45, 7) is 5.86. The summed E-state index contributed by atoms with van der Waals surface area (Å²) in [6.07, 6.45) is 2.68. The van der Waals surface area contributed by atoms with Gasteiger partial charge in [-0.3, -0.25) is 9.47 Å². The van der Waals surface area contributed by atoms with Crippen LogP contribution < -0.4 is 9.47 Å². The molecule has 0 atom stereocenters. The van der Waals surface area contributed by atoms with Gasteiger partial charge < -0.3 is 9.47 Å². The van der Waals surface area contributed by atoms with Crippen LogP contribution in [0.2, 0.25) is 5.02 Å². The maximum Gasteiger partial charge on any atom is 0.199 e. The van der Waals surface area contributed by atoms with Crippen molar-refractivity contribution in [3.05, 3.63) is 70.5 Å². The maximum atomic E-state index is 6.04. The minimum absolute atomic E-state index is 0.580. The lowest BCUT2D eigenvalue weighted by molar-refractivity contribution is 0.254. The van der Waals surface area contributed by atoms with Crippen molar-refractivity contribution in [1.82, 2.24) is 19.2 Å².